The average molecular weight is 383 g/mol. The number of hydrogen-bond acceptors (Lipinski definition) is 7. The Morgan fingerprint density at radius 3 is 1.68 bits per heavy atom. The topological polar surface area (TPSA) is 111 Å². The van der Waals surface area contributed by atoms with Gasteiger partial charge in [0.15, 0.2) is 0 Å². The number of rotatable bonds is 15. The molecule has 3 N–H and O–H groups in total. The van der Waals surface area contributed by atoms with E-state index in [1.165, 1.54) is 7.11 Å². The van der Waals surface area contributed by atoms with Crippen LogP contribution in [0.3, 0.4) is 0 Å². The van der Waals surface area contributed by atoms with E-state index >= 15 is 0 Å². The van der Waals surface area contributed by atoms with Gasteiger partial charge < -0.3 is 33.2 Å². The van der Waals surface area contributed by atoms with Crippen LogP contribution in [-0.4, -0.2) is 66.6 Å². The lowest BCUT2D eigenvalue weighted by Crippen LogP contribution is -2.63. The van der Waals surface area contributed by atoms with Crippen LogP contribution in [0.1, 0.15) is 41.0 Å². The number of hydrogen-bond donors (Lipinski definition) is 2. The fraction of sp³-hybridized carbons (Fsp3) is 0.933. The van der Waals surface area contributed by atoms with Crippen LogP contribution in [0.4, 0.5) is 4.79 Å². The molecule has 0 saturated heterocycles. The van der Waals surface area contributed by atoms with Crippen molar-refractivity contribution >= 4 is 14.8 Å². The molecule has 9 nitrogen and oxygen atoms in total. The van der Waals surface area contributed by atoms with Crippen molar-refractivity contribution in [1.82, 2.24) is 5.32 Å². The Morgan fingerprint density at radius 1 is 0.960 bits per heavy atom. The van der Waals surface area contributed by atoms with E-state index in [4.69, 9.17) is 33.2 Å². The average Bonchev–Trinajstić information content (AvgIpc) is 2.53. The molecule has 0 aromatic heterocycles. The molecule has 0 aliphatic heterocycles. The summed E-state index contributed by atoms with van der Waals surface area (Å²) in [5, 5.41) is 2.53. The summed E-state index contributed by atoms with van der Waals surface area (Å²) in [5.74, 6) is -1.46. The molecule has 0 aromatic carbocycles. The summed E-state index contributed by atoms with van der Waals surface area (Å²) in [6.07, 6.45) is 0.0976. The molecule has 0 spiro atoms. The maximum atomic E-state index is 11.5. The number of nitrogens with two attached hydrogens (primary N) is 1. The summed E-state index contributed by atoms with van der Waals surface area (Å²) >= 11 is 0. The number of nitrogens with one attached hydrogen (secondary N) is 1. The summed E-state index contributed by atoms with van der Waals surface area (Å²) < 4.78 is 34.7. The predicted molar refractivity (Wildman–Crippen MR) is 94.7 cm³/mol. The number of methoxy groups -OCH3 is 1. The van der Waals surface area contributed by atoms with Crippen LogP contribution >= 0.6 is 0 Å². The standard InChI is InChI=1S/C15H34N2O7Si/c1-7-20-15(21-8-2,17-14(16)18)12-13(19-6)25(22-9-3,23-10-4)24-11-5/h13H,7-12H2,1-6H3,(H3,16,17,18). The third-order valence-corrected chi connectivity index (χ3v) is 6.54. The van der Waals surface area contributed by atoms with Gasteiger partial charge in [-0.3, -0.25) is 5.32 Å². The van der Waals surface area contributed by atoms with Gasteiger partial charge in [0.1, 0.15) is 5.73 Å². The molecule has 0 aromatic rings. The fourth-order valence-electron chi connectivity index (χ4n) is 2.54. The predicted octanol–water partition coefficient (Wildman–Crippen LogP) is 1.37. The highest BCUT2D eigenvalue weighted by molar-refractivity contribution is 6.62. The van der Waals surface area contributed by atoms with E-state index in [-0.39, 0.29) is 6.42 Å². The summed E-state index contributed by atoms with van der Waals surface area (Å²) in [5.41, 5.74) is 4.68. The van der Waals surface area contributed by atoms with E-state index in [0.717, 1.165) is 0 Å². The quantitative estimate of drug-likeness (QED) is 0.325. The first kappa shape index (κ1) is 24.2. The molecule has 0 aliphatic rings. The van der Waals surface area contributed by atoms with Gasteiger partial charge >= 0.3 is 14.8 Å². The number of carbonyl (C=O) groups excluding carboxylic acids is 1. The van der Waals surface area contributed by atoms with Gasteiger partial charge in [-0.1, -0.05) is 0 Å². The summed E-state index contributed by atoms with van der Waals surface area (Å²) in [4.78, 5) is 11.5. The number of urea groups is 1. The van der Waals surface area contributed by atoms with Crippen molar-refractivity contribution in [1.29, 1.82) is 0 Å². The highest BCUT2D eigenvalue weighted by Crippen LogP contribution is 2.27. The number of carbonyl (C=O) groups is 1. The lowest BCUT2D eigenvalue weighted by molar-refractivity contribution is -0.257. The minimum absolute atomic E-state index is 0.0976. The van der Waals surface area contributed by atoms with Gasteiger partial charge in [-0.2, -0.15) is 0 Å². The molecule has 0 heterocycles. The van der Waals surface area contributed by atoms with Crippen LogP contribution in [0.25, 0.3) is 0 Å². The minimum Gasteiger partial charge on any atom is -0.377 e. The second kappa shape index (κ2) is 12.6. The Hall–Kier alpha value is -0.753. The molecule has 0 bridgehead atoms. The van der Waals surface area contributed by atoms with Gasteiger partial charge in [0.25, 0.3) is 5.91 Å². The Kier molecular flexibility index (Phi) is 12.2. The molecule has 0 radical (unpaired) electrons. The normalized spacial score (nSPS) is 13.7. The van der Waals surface area contributed by atoms with Crippen LogP contribution in [0.2, 0.25) is 0 Å². The van der Waals surface area contributed by atoms with Crippen LogP contribution < -0.4 is 11.1 Å². The first-order chi connectivity index (χ1) is 11.9. The van der Waals surface area contributed by atoms with Crippen molar-refractivity contribution in [3.05, 3.63) is 0 Å². The lowest BCUT2D eigenvalue weighted by atomic mass is 10.3. The monoisotopic (exact) mass is 382 g/mol. The van der Waals surface area contributed by atoms with Crippen molar-refractivity contribution in [3.63, 3.8) is 0 Å². The molecule has 0 rings (SSSR count). The molecule has 0 aliphatic carbocycles. The Labute approximate surface area is 151 Å². The zero-order valence-corrected chi connectivity index (χ0v) is 17.3. The molecular formula is C15H34N2O7Si. The minimum atomic E-state index is -3.22. The SMILES string of the molecule is CCOC(CC(OC)[Si](OCC)(OCC)OCC)(NC(N)=O)OCC. The largest absolute Gasteiger partial charge is 0.531 e. The Morgan fingerprint density at radius 2 is 1.40 bits per heavy atom. The molecule has 1 unspecified atom stereocenters. The number of primary amides is 1. The molecule has 0 fully saturated rings. The third-order valence-electron chi connectivity index (χ3n) is 3.24. The Balaban J connectivity index is 5.75. The van der Waals surface area contributed by atoms with Crippen LogP contribution in [0, 0.1) is 0 Å². The molecule has 2 amide bonds. The lowest BCUT2D eigenvalue weighted by Gasteiger charge is -2.40. The highest BCUT2D eigenvalue weighted by atomic mass is 28.4. The van der Waals surface area contributed by atoms with Gasteiger partial charge in [-0.25, -0.2) is 4.79 Å². The highest BCUT2D eigenvalue weighted by Gasteiger charge is 2.54. The molecule has 25 heavy (non-hydrogen) atoms. The maximum Gasteiger partial charge on any atom is 0.531 e. The fourth-order valence-corrected chi connectivity index (χ4v) is 5.36. The third kappa shape index (κ3) is 7.56. The zero-order chi connectivity index (χ0) is 19.3. The smallest absolute Gasteiger partial charge is 0.377 e. The first-order valence-electron chi connectivity index (χ1n) is 8.69. The van der Waals surface area contributed by atoms with E-state index in [1.807, 2.05) is 20.8 Å². The number of ether oxygens (including phenoxy) is 3. The van der Waals surface area contributed by atoms with Gasteiger partial charge in [0.05, 0.1) is 6.42 Å². The van der Waals surface area contributed by atoms with Crippen molar-refractivity contribution in [2.75, 3.05) is 40.1 Å². The van der Waals surface area contributed by atoms with E-state index in [2.05, 4.69) is 5.32 Å². The van der Waals surface area contributed by atoms with Crippen molar-refractivity contribution in [3.8, 4) is 0 Å². The zero-order valence-electron chi connectivity index (χ0n) is 16.3. The van der Waals surface area contributed by atoms with Gasteiger partial charge in [-0.05, 0) is 34.6 Å². The summed E-state index contributed by atoms with van der Waals surface area (Å²) in [6, 6.07) is -0.770. The molecular weight excluding hydrogens is 348 g/mol. The summed E-state index contributed by atoms with van der Waals surface area (Å²) in [6.45, 7) is 10.9. The number of amides is 2. The van der Waals surface area contributed by atoms with Crippen molar-refractivity contribution in [2.45, 2.75) is 52.7 Å². The van der Waals surface area contributed by atoms with E-state index in [0.29, 0.717) is 33.0 Å². The molecule has 0 saturated carbocycles. The van der Waals surface area contributed by atoms with Crippen molar-refractivity contribution < 1.29 is 32.3 Å². The van der Waals surface area contributed by atoms with E-state index < -0.39 is 26.5 Å². The van der Waals surface area contributed by atoms with Crippen LogP contribution in [0.5, 0.6) is 0 Å². The van der Waals surface area contributed by atoms with Gasteiger partial charge in [0, 0.05) is 40.1 Å². The molecule has 1 atom stereocenters. The molecule has 150 valence electrons. The second-order valence-corrected chi connectivity index (χ2v) is 7.66. The maximum absolute atomic E-state index is 11.5. The summed E-state index contributed by atoms with van der Waals surface area (Å²) in [7, 11) is -1.69. The molecule has 10 heteroatoms. The van der Waals surface area contributed by atoms with E-state index in [9.17, 15) is 4.79 Å². The van der Waals surface area contributed by atoms with Crippen LogP contribution in [-0.2, 0) is 27.5 Å². The van der Waals surface area contributed by atoms with Gasteiger partial charge in [-0.15, -0.1) is 0 Å². The first-order valence-corrected chi connectivity index (χ1v) is 10.5. The van der Waals surface area contributed by atoms with E-state index in [1.54, 1.807) is 13.8 Å². The Bertz CT molecular complexity index is 351. The van der Waals surface area contributed by atoms with Crippen molar-refractivity contribution in [2.24, 2.45) is 5.73 Å². The van der Waals surface area contributed by atoms with Crippen LogP contribution in [0.15, 0.2) is 0 Å². The van der Waals surface area contributed by atoms with Gasteiger partial charge in [0.2, 0.25) is 0 Å². The second-order valence-electron chi connectivity index (χ2n) is 4.94.